The Morgan fingerprint density at radius 2 is 2.00 bits per heavy atom. The Morgan fingerprint density at radius 3 is 2.40 bits per heavy atom. The number of aliphatic hydroxyl groups excluding tert-OH is 1. The molecule has 0 bridgehead atoms. The molecule has 1 amide bonds. The second-order valence-electron chi connectivity index (χ2n) is 5.81. The molecule has 0 aromatic heterocycles. The predicted octanol–water partition coefficient (Wildman–Crippen LogP) is 2.52. The van der Waals surface area contributed by atoms with Gasteiger partial charge in [-0.25, -0.2) is 4.39 Å². The van der Waals surface area contributed by atoms with Crippen LogP contribution in [0.5, 0.6) is 0 Å². The van der Waals surface area contributed by atoms with Crippen LogP contribution in [0.3, 0.4) is 0 Å². The first-order valence-electron chi connectivity index (χ1n) is 7.26. The van der Waals surface area contributed by atoms with Crippen molar-refractivity contribution in [3.63, 3.8) is 0 Å². The molecule has 1 saturated heterocycles. The predicted molar refractivity (Wildman–Crippen MR) is 81.7 cm³/mol. The van der Waals surface area contributed by atoms with Gasteiger partial charge in [-0.1, -0.05) is 0 Å². The van der Waals surface area contributed by atoms with Crippen molar-refractivity contribution < 1.29 is 27.5 Å². The lowest BCUT2D eigenvalue weighted by molar-refractivity contribution is -0.140. The number of benzene rings is 1. The molecule has 0 unspecified atom stereocenters. The van der Waals surface area contributed by atoms with Crippen molar-refractivity contribution in [2.24, 2.45) is 0 Å². The van der Waals surface area contributed by atoms with Crippen LogP contribution in [0.1, 0.15) is 30.4 Å². The molecule has 1 heterocycles. The number of carbonyl (C=O) groups excluding carboxylic acids is 1. The normalized spacial score (nSPS) is 19.4. The van der Waals surface area contributed by atoms with Gasteiger partial charge in [0, 0.05) is 0 Å². The zero-order chi connectivity index (χ0) is 18.6. The van der Waals surface area contributed by atoms with Crippen LogP contribution in [0.2, 0.25) is 0 Å². The van der Waals surface area contributed by atoms with Crippen LogP contribution in [0.15, 0.2) is 12.1 Å². The van der Waals surface area contributed by atoms with Crippen molar-refractivity contribution in [2.45, 2.75) is 31.0 Å². The zero-order valence-corrected chi connectivity index (χ0v) is 13.4. The number of halogens is 4. The molecule has 1 spiro atoms. The van der Waals surface area contributed by atoms with E-state index in [-0.39, 0.29) is 5.11 Å². The second-order valence-corrected chi connectivity index (χ2v) is 6.17. The molecule has 1 aliphatic carbocycles. The Morgan fingerprint density at radius 1 is 1.36 bits per heavy atom. The molecule has 1 aromatic carbocycles. The maximum absolute atomic E-state index is 14.6. The van der Waals surface area contributed by atoms with E-state index >= 15 is 0 Å². The summed E-state index contributed by atoms with van der Waals surface area (Å²) in [4.78, 5) is 14.6. The smallest absolute Gasteiger partial charge is 0.376 e. The van der Waals surface area contributed by atoms with Gasteiger partial charge in [0.1, 0.15) is 17.8 Å². The van der Waals surface area contributed by atoms with Crippen molar-refractivity contribution in [1.29, 1.82) is 5.26 Å². The van der Waals surface area contributed by atoms with Crippen LogP contribution >= 0.6 is 12.2 Å². The minimum absolute atomic E-state index is 0.260. The van der Waals surface area contributed by atoms with Gasteiger partial charge < -0.3 is 10.0 Å². The van der Waals surface area contributed by atoms with Gasteiger partial charge >= 0.3 is 6.18 Å². The Hall–Kier alpha value is -2.25. The summed E-state index contributed by atoms with van der Waals surface area (Å²) in [7, 11) is 0. The molecule has 1 aliphatic heterocycles. The molecule has 2 aliphatic rings. The molecule has 1 saturated carbocycles. The van der Waals surface area contributed by atoms with E-state index in [1.54, 1.807) is 0 Å². The third-order valence-electron chi connectivity index (χ3n) is 4.63. The molecular formula is C15H11F4N3O2S. The lowest BCUT2D eigenvalue weighted by Gasteiger charge is -2.41. The van der Waals surface area contributed by atoms with E-state index in [1.165, 1.54) is 11.0 Å². The van der Waals surface area contributed by atoms with Gasteiger partial charge in [0.05, 0.1) is 17.3 Å². The highest BCUT2D eigenvalue weighted by molar-refractivity contribution is 7.80. The zero-order valence-electron chi connectivity index (χ0n) is 12.6. The summed E-state index contributed by atoms with van der Waals surface area (Å²) in [5, 5.41) is 18.0. The number of hydrogen-bond donors (Lipinski definition) is 1. The van der Waals surface area contributed by atoms with Crippen LogP contribution in [-0.2, 0) is 11.0 Å². The number of carbonyl (C=O) groups is 1. The Labute approximate surface area is 145 Å². The van der Waals surface area contributed by atoms with Crippen LogP contribution in [-0.4, -0.2) is 33.3 Å². The van der Waals surface area contributed by atoms with Gasteiger partial charge in [-0.15, -0.1) is 0 Å². The average molecular weight is 373 g/mol. The summed E-state index contributed by atoms with van der Waals surface area (Å²) in [6.45, 7) is -0.606. The summed E-state index contributed by atoms with van der Waals surface area (Å²) in [5.74, 6) is -2.41. The molecule has 2 fully saturated rings. The Kier molecular flexibility index (Phi) is 3.96. The fourth-order valence-corrected chi connectivity index (χ4v) is 3.64. The van der Waals surface area contributed by atoms with E-state index in [0.717, 1.165) is 12.1 Å². The number of alkyl halides is 3. The molecule has 0 radical (unpaired) electrons. The molecule has 0 atom stereocenters. The number of thiocarbonyl (C=S) groups is 1. The van der Waals surface area contributed by atoms with Crippen LogP contribution < -0.4 is 4.90 Å². The third-order valence-corrected chi connectivity index (χ3v) is 5.03. The Bertz CT molecular complexity index is 814. The first-order chi connectivity index (χ1) is 11.7. The maximum Gasteiger partial charge on any atom is 0.420 e. The number of amides is 1. The molecule has 10 heteroatoms. The molecule has 132 valence electrons. The van der Waals surface area contributed by atoms with E-state index in [1.807, 2.05) is 0 Å². The number of aliphatic hydroxyl groups is 1. The average Bonchev–Trinajstić information content (AvgIpc) is 2.72. The number of nitrogens with zero attached hydrogens (tertiary/aromatic N) is 3. The summed E-state index contributed by atoms with van der Waals surface area (Å²) >= 11 is 5.08. The number of anilines is 1. The molecular weight excluding hydrogens is 362 g/mol. The first-order valence-corrected chi connectivity index (χ1v) is 7.66. The van der Waals surface area contributed by atoms with Gasteiger partial charge in [-0.2, -0.15) is 18.4 Å². The molecule has 5 nitrogen and oxygen atoms in total. The summed E-state index contributed by atoms with van der Waals surface area (Å²) in [6.07, 6.45) is -3.69. The van der Waals surface area contributed by atoms with Crippen LogP contribution in [0.4, 0.5) is 23.2 Å². The quantitative estimate of drug-likeness (QED) is 0.637. The molecule has 1 N–H and O–H groups in total. The largest absolute Gasteiger partial charge is 0.420 e. The highest BCUT2D eigenvalue weighted by Crippen LogP contribution is 2.46. The van der Waals surface area contributed by atoms with E-state index in [9.17, 15) is 27.5 Å². The first kappa shape index (κ1) is 17.6. The van der Waals surface area contributed by atoms with Gasteiger partial charge in [0.15, 0.2) is 10.9 Å². The van der Waals surface area contributed by atoms with Crippen molar-refractivity contribution in [3.05, 3.63) is 29.1 Å². The third kappa shape index (κ3) is 2.30. The minimum Gasteiger partial charge on any atom is -0.376 e. The van der Waals surface area contributed by atoms with Crippen molar-refractivity contribution in [1.82, 2.24) is 4.90 Å². The highest BCUT2D eigenvalue weighted by atomic mass is 32.1. The van der Waals surface area contributed by atoms with E-state index in [0.29, 0.717) is 24.2 Å². The van der Waals surface area contributed by atoms with E-state index in [2.05, 4.69) is 0 Å². The fraction of sp³-hybridized carbons (Fsp3) is 0.400. The summed E-state index contributed by atoms with van der Waals surface area (Å²) in [6, 6.07) is 3.01. The van der Waals surface area contributed by atoms with E-state index in [4.69, 9.17) is 17.5 Å². The van der Waals surface area contributed by atoms with Gasteiger partial charge in [0.25, 0.3) is 5.91 Å². The Balaban J connectivity index is 2.16. The van der Waals surface area contributed by atoms with E-state index < -0.39 is 47.0 Å². The maximum atomic E-state index is 14.6. The van der Waals surface area contributed by atoms with Crippen molar-refractivity contribution in [2.75, 3.05) is 11.6 Å². The van der Waals surface area contributed by atoms with Crippen molar-refractivity contribution >= 4 is 28.9 Å². The van der Waals surface area contributed by atoms with Gasteiger partial charge in [0.2, 0.25) is 0 Å². The topological polar surface area (TPSA) is 67.6 Å². The number of nitriles is 1. The lowest BCUT2D eigenvalue weighted by Crippen LogP contribution is -2.55. The molecule has 25 heavy (non-hydrogen) atoms. The summed E-state index contributed by atoms with van der Waals surface area (Å²) in [5.41, 5.74) is -4.44. The SMILES string of the molecule is N#Cc1ccc(N2C(=O)C3(CCC3)N(CO)C2=S)c(F)c1C(F)(F)F. The monoisotopic (exact) mass is 373 g/mol. The fourth-order valence-electron chi connectivity index (χ4n) is 3.23. The molecule has 1 aromatic rings. The second kappa shape index (κ2) is 5.64. The standard InChI is InChI=1S/C15H11F4N3O2S/c16-11-9(3-2-8(6-20)10(11)15(17,18)19)22-12(24)14(4-1-5-14)21(7-23)13(22)25/h2-3,23H,1,4-5,7H2. The van der Waals surface area contributed by atoms with Gasteiger partial charge in [-0.05, 0) is 43.6 Å². The minimum atomic E-state index is -5.11. The van der Waals surface area contributed by atoms with Crippen LogP contribution in [0, 0.1) is 17.1 Å². The highest BCUT2D eigenvalue weighted by Gasteiger charge is 2.59. The molecule has 3 rings (SSSR count). The van der Waals surface area contributed by atoms with Crippen molar-refractivity contribution in [3.8, 4) is 6.07 Å². The number of hydrogen-bond acceptors (Lipinski definition) is 4. The van der Waals surface area contributed by atoms with Gasteiger partial charge in [-0.3, -0.25) is 9.69 Å². The van der Waals surface area contributed by atoms with Crippen LogP contribution in [0.25, 0.3) is 0 Å². The number of rotatable bonds is 2. The lowest BCUT2D eigenvalue weighted by atomic mass is 9.75. The summed E-state index contributed by atoms with van der Waals surface area (Å²) < 4.78 is 54.1.